The summed E-state index contributed by atoms with van der Waals surface area (Å²) in [7, 11) is 0. The first-order chi connectivity index (χ1) is 12.9. The molecule has 0 aliphatic carbocycles. The molecule has 4 rings (SSSR count). The van der Waals surface area contributed by atoms with E-state index in [4.69, 9.17) is 14.2 Å². The van der Waals surface area contributed by atoms with Gasteiger partial charge in [0.25, 0.3) is 0 Å². The lowest BCUT2D eigenvalue weighted by molar-refractivity contribution is -0.169. The Balaban J connectivity index is 1.41. The fourth-order valence-corrected chi connectivity index (χ4v) is 4.13. The maximum Gasteiger partial charge on any atom is 0.410 e. The van der Waals surface area contributed by atoms with Crippen LogP contribution in [0.4, 0.5) is 10.7 Å². The Morgan fingerprint density at radius 1 is 1.26 bits per heavy atom. The molecule has 4 heterocycles. The average molecular weight is 378 g/mol. The topological polar surface area (TPSA) is 79.9 Å². The molecule has 0 bridgehead atoms. The van der Waals surface area contributed by atoms with Crippen molar-refractivity contribution in [3.63, 3.8) is 0 Å². The highest BCUT2D eigenvalue weighted by molar-refractivity contribution is 5.69. The lowest BCUT2D eigenvalue weighted by atomic mass is 10.0. The summed E-state index contributed by atoms with van der Waals surface area (Å²) in [6, 6.07) is -0.00117. The molecule has 0 radical (unpaired) electrons. The van der Waals surface area contributed by atoms with Gasteiger partial charge in [-0.25, -0.2) is 9.78 Å². The minimum absolute atomic E-state index is 0.00117. The Kier molecular flexibility index (Phi) is 4.80. The van der Waals surface area contributed by atoms with Crippen LogP contribution >= 0.6 is 0 Å². The number of nitrogens with one attached hydrogen (secondary N) is 1. The standard InChI is InChI=1S/C19H30N4O4/c1-18(2,3)27-17(24)23-8-4-5-15(23)14-13-20-16(21-14)22-9-6-19(7-10-22)25-11-12-26-19/h13,15H,4-12H2,1-3H3,(H,20,21)/t15-/m0/s1. The first-order valence-electron chi connectivity index (χ1n) is 9.93. The number of likely N-dealkylation sites (tertiary alicyclic amines) is 1. The summed E-state index contributed by atoms with van der Waals surface area (Å²) in [5.41, 5.74) is 0.486. The predicted molar refractivity (Wildman–Crippen MR) is 99.6 cm³/mol. The van der Waals surface area contributed by atoms with Crippen molar-refractivity contribution in [2.45, 2.75) is 63.9 Å². The molecule has 3 fully saturated rings. The predicted octanol–water partition coefficient (Wildman–Crippen LogP) is 2.83. The maximum atomic E-state index is 12.5. The highest BCUT2D eigenvalue weighted by atomic mass is 16.7. The number of piperidine rings is 1. The van der Waals surface area contributed by atoms with Gasteiger partial charge in [-0.3, -0.25) is 4.90 Å². The van der Waals surface area contributed by atoms with E-state index in [0.29, 0.717) is 13.2 Å². The van der Waals surface area contributed by atoms with Crippen LogP contribution in [-0.4, -0.2) is 65.2 Å². The van der Waals surface area contributed by atoms with E-state index < -0.39 is 5.60 Å². The number of hydrogen-bond donors (Lipinski definition) is 1. The number of imidazole rings is 1. The van der Waals surface area contributed by atoms with Crippen LogP contribution in [0.15, 0.2) is 6.20 Å². The van der Waals surface area contributed by atoms with Gasteiger partial charge in [0.05, 0.1) is 31.1 Å². The maximum absolute atomic E-state index is 12.5. The number of aromatic nitrogens is 2. The molecule has 0 unspecified atom stereocenters. The van der Waals surface area contributed by atoms with Crippen molar-refractivity contribution in [3.8, 4) is 0 Å². The average Bonchev–Trinajstić information content (AvgIpc) is 3.34. The Hall–Kier alpha value is -1.80. The summed E-state index contributed by atoms with van der Waals surface area (Å²) in [5, 5.41) is 0. The molecular weight excluding hydrogens is 348 g/mol. The zero-order chi connectivity index (χ0) is 19.1. The lowest BCUT2D eigenvalue weighted by Crippen LogP contribution is -2.45. The third-order valence-corrected chi connectivity index (χ3v) is 5.46. The van der Waals surface area contributed by atoms with Crippen molar-refractivity contribution in [2.24, 2.45) is 0 Å². The van der Waals surface area contributed by atoms with Crippen LogP contribution in [0.2, 0.25) is 0 Å². The van der Waals surface area contributed by atoms with Gasteiger partial charge >= 0.3 is 6.09 Å². The van der Waals surface area contributed by atoms with Gasteiger partial charge < -0.3 is 24.1 Å². The minimum Gasteiger partial charge on any atom is -0.444 e. The molecule has 3 aliphatic rings. The number of anilines is 1. The molecule has 1 aromatic heterocycles. The van der Waals surface area contributed by atoms with Crippen LogP contribution in [0.5, 0.6) is 0 Å². The molecule has 8 nitrogen and oxygen atoms in total. The molecule has 0 saturated carbocycles. The van der Waals surface area contributed by atoms with Crippen molar-refractivity contribution in [2.75, 3.05) is 37.7 Å². The second kappa shape index (κ2) is 6.98. The fraction of sp³-hybridized carbons (Fsp3) is 0.789. The normalized spacial score (nSPS) is 25.4. The molecule has 3 saturated heterocycles. The fourth-order valence-electron chi connectivity index (χ4n) is 4.13. The van der Waals surface area contributed by atoms with Crippen molar-refractivity contribution < 1.29 is 19.0 Å². The monoisotopic (exact) mass is 378 g/mol. The number of aromatic amines is 1. The molecule has 0 aromatic carbocycles. The van der Waals surface area contributed by atoms with E-state index in [0.717, 1.165) is 57.0 Å². The third-order valence-electron chi connectivity index (χ3n) is 5.46. The first kappa shape index (κ1) is 18.6. The molecule has 1 aromatic rings. The van der Waals surface area contributed by atoms with E-state index in [1.54, 1.807) is 0 Å². The van der Waals surface area contributed by atoms with Crippen molar-refractivity contribution in [3.05, 3.63) is 11.9 Å². The Morgan fingerprint density at radius 2 is 1.96 bits per heavy atom. The Bertz CT molecular complexity index is 667. The number of hydrogen-bond acceptors (Lipinski definition) is 6. The van der Waals surface area contributed by atoms with Gasteiger partial charge in [-0.15, -0.1) is 0 Å². The van der Waals surface area contributed by atoms with E-state index in [9.17, 15) is 4.79 Å². The first-order valence-corrected chi connectivity index (χ1v) is 9.93. The highest BCUT2D eigenvalue weighted by Crippen LogP contribution is 2.35. The SMILES string of the molecule is CC(C)(C)OC(=O)N1CCC[C@H]1c1cnc(N2CCC3(CC2)OCCO3)[nH]1. The van der Waals surface area contributed by atoms with Gasteiger partial charge in [0, 0.05) is 32.5 Å². The smallest absolute Gasteiger partial charge is 0.410 e. The molecule has 1 amide bonds. The van der Waals surface area contributed by atoms with Crippen LogP contribution in [0, 0.1) is 0 Å². The Labute approximate surface area is 160 Å². The van der Waals surface area contributed by atoms with Crippen LogP contribution in [0.3, 0.4) is 0 Å². The Morgan fingerprint density at radius 3 is 2.63 bits per heavy atom. The van der Waals surface area contributed by atoms with Crippen molar-refractivity contribution in [1.82, 2.24) is 14.9 Å². The molecule has 8 heteroatoms. The summed E-state index contributed by atoms with van der Waals surface area (Å²) in [4.78, 5) is 24.6. The molecule has 3 aliphatic heterocycles. The van der Waals surface area contributed by atoms with Gasteiger partial charge in [0.1, 0.15) is 5.60 Å². The second-order valence-corrected chi connectivity index (χ2v) is 8.59. The van der Waals surface area contributed by atoms with Gasteiger partial charge in [0.2, 0.25) is 5.95 Å². The molecule has 150 valence electrons. The van der Waals surface area contributed by atoms with E-state index in [2.05, 4.69) is 14.9 Å². The largest absolute Gasteiger partial charge is 0.444 e. The quantitative estimate of drug-likeness (QED) is 0.852. The second-order valence-electron chi connectivity index (χ2n) is 8.59. The molecule has 27 heavy (non-hydrogen) atoms. The van der Waals surface area contributed by atoms with E-state index in [1.807, 2.05) is 31.9 Å². The van der Waals surface area contributed by atoms with E-state index >= 15 is 0 Å². The number of rotatable bonds is 2. The zero-order valence-corrected chi connectivity index (χ0v) is 16.5. The van der Waals surface area contributed by atoms with Gasteiger partial charge in [0.15, 0.2) is 5.79 Å². The van der Waals surface area contributed by atoms with E-state index in [1.165, 1.54) is 0 Å². The number of carbonyl (C=O) groups excluding carboxylic acids is 1. The number of H-pyrrole nitrogens is 1. The summed E-state index contributed by atoms with van der Waals surface area (Å²) < 4.78 is 17.2. The van der Waals surface area contributed by atoms with Crippen LogP contribution < -0.4 is 4.90 Å². The molecule has 1 atom stereocenters. The number of nitrogens with zero attached hydrogens (tertiary/aromatic N) is 3. The van der Waals surface area contributed by atoms with Crippen LogP contribution in [0.25, 0.3) is 0 Å². The number of ether oxygens (including phenoxy) is 3. The van der Waals surface area contributed by atoms with Gasteiger partial charge in [-0.2, -0.15) is 0 Å². The summed E-state index contributed by atoms with van der Waals surface area (Å²) in [6.07, 6.45) is 5.18. The summed E-state index contributed by atoms with van der Waals surface area (Å²) in [6.45, 7) is 9.46. The van der Waals surface area contributed by atoms with E-state index in [-0.39, 0.29) is 17.9 Å². The minimum atomic E-state index is -0.489. The number of amides is 1. The molecule has 1 spiro atoms. The highest BCUT2D eigenvalue weighted by Gasteiger charge is 2.40. The summed E-state index contributed by atoms with van der Waals surface area (Å²) >= 11 is 0. The zero-order valence-electron chi connectivity index (χ0n) is 16.5. The third kappa shape index (κ3) is 3.91. The van der Waals surface area contributed by atoms with Crippen LogP contribution in [-0.2, 0) is 14.2 Å². The lowest BCUT2D eigenvalue weighted by Gasteiger charge is -2.37. The van der Waals surface area contributed by atoms with Gasteiger partial charge in [-0.05, 0) is 33.6 Å². The van der Waals surface area contributed by atoms with Gasteiger partial charge in [-0.1, -0.05) is 0 Å². The number of carbonyl (C=O) groups is 1. The van der Waals surface area contributed by atoms with Crippen molar-refractivity contribution >= 4 is 12.0 Å². The van der Waals surface area contributed by atoms with Crippen molar-refractivity contribution in [1.29, 1.82) is 0 Å². The molecule has 1 N–H and O–H groups in total. The summed E-state index contributed by atoms with van der Waals surface area (Å²) in [5.74, 6) is 0.471. The molecular formula is C19H30N4O4. The van der Waals surface area contributed by atoms with Crippen LogP contribution in [0.1, 0.15) is 58.2 Å².